The lowest BCUT2D eigenvalue weighted by molar-refractivity contribution is -0.218. The van der Waals surface area contributed by atoms with E-state index in [1.165, 1.54) is 57.8 Å². The van der Waals surface area contributed by atoms with Crippen molar-refractivity contribution in [2.24, 2.45) is 0 Å². The maximum atomic E-state index is 2.86. The van der Waals surface area contributed by atoms with Gasteiger partial charge in [0.15, 0.2) is 0 Å². The number of fused-ring (bicyclic) bond motifs is 5. The van der Waals surface area contributed by atoms with Crippen molar-refractivity contribution in [1.82, 2.24) is 10.0 Å². The summed E-state index contributed by atoms with van der Waals surface area (Å²) in [7, 11) is 0. The summed E-state index contributed by atoms with van der Waals surface area (Å²) in [6.07, 6.45) is 13.4. The molecule has 0 N–H and O–H groups in total. The average molecular weight is 206 g/mol. The van der Waals surface area contributed by atoms with Crippen molar-refractivity contribution in [3.8, 4) is 0 Å². The van der Waals surface area contributed by atoms with Gasteiger partial charge in [-0.3, -0.25) is 0 Å². The van der Waals surface area contributed by atoms with Gasteiger partial charge >= 0.3 is 0 Å². The van der Waals surface area contributed by atoms with Crippen LogP contribution in [-0.4, -0.2) is 34.2 Å². The van der Waals surface area contributed by atoms with Crippen LogP contribution >= 0.6 is 0 Å². The SMILES string of the molecule is C1C[C@@H]2CC[C@H](C1)N1C3CCC(CC3)N21. The third-order valence-corrected chi connectivity index (χ3v) is 5.34. The largest absolute Gasteiger partial charge is 0.235 e. The fraction of sp³-hybridized carbons (Fsp3) is 1.00. The van der Waals surface area contributed by atoms with Crippen LogP contribution in [0.25, 0.3) is 0 Å². The highest BCUT2D eigenvalue weighted by atomic mass is 15.7. The number of hydrazine groups is 1. The van der Waals surface area contributed by atoms with Crippen LogP contribution in [0.15, 0.2) is 0 Å². The first-order valence-electron chi connectivity index (χ1n) is 7.00. The molecule has 2 unspecified atom stereocenters. The van der Waals surface area contributed by atoms with Gasteiger partial charge < -0.3 is 0 Å². The van der Waals surface area contributed by atoms with Crippen molar-refractivity contribution in [3.63, 3.8) is 0 Å². The lowest BCUT2D eigenvalue weighted by atomic mass is 9.83. The minimum absolute atomic E-state index is 0.928. The standard InChI is InChI=1S/C13H22N2/c1-2-10-4-5-11(3-1)15-13-8-6-12(7-9-13)14(10)15/h10-13H,1-9H2/t10-,11+,12?,13?. The van der Waals surface area contributed by atoms with E-state index in [4.69, 9.17) is 0 Å². The molecule has 6 fully saturated rings. The van der Waals surface area contributed by atoms with Gasteiger partial charge in [-0.05, 0) is 51.4 Å². The first-order chi connectivity index (χ1) is 7.43. The summed E-state index contributed by atoms with van der Waals surface area (Å²) in [6, 6.07) is 3.72. The molecule has 0 aromatic rings. The van der Waals surface area contributed by atoms with Crippen molar-refractivity contribution in [2.75, 3.05) is 0 Å². The molecule has 4 heterocycles. The fourth-order valence-electron chi connectivity index (χ4n) is 4.73. The number of rotatable bonds is 0. The van der Waals surface area contributed by atoms with Crippen LogP contribution in [0.5, 0.6) is 0 Å². The zero-order valence-electron chi connectivity index (χ0n) is 9.57. The van der Waals surface area contributed by atoms with E-state index in [-0.39, 0.29) is 0 Å². The maximum Gasteiger partial charge on any atom is 0.0250 e. The number of nitrogens with zero attached hydrogens (tertiary/aromatic N) is 2. The van der Waals surface area contributed by atoms with Gasteiger partial charge in [-0.1, -0.05) is 6.42 Å². The van der Waals surface area contributed by atoms with Gasteiger partial charge in [-0.2, -0.15) is 0 Å². The third-order valence-electron chi connectivity index (χ3n) is 5.34. The van der Waals surface area contributed by atoms with Gasteiger partial charge in [0.25, 0.3) is 0 Å². The van der Waals surface area contributed by atoms with Gasteiger partial charge in [0.2, 0.25) is 0 Å². The highest BCUT2D eigenvalue weighted by molar-refractivity contribution is 4.99. The van der Waals surface area contributed by atoms with E-state index in [0.717, 1.165) is 24.2 Å². The molecule has 0 radical (unpaired) electrons. The molecule has 6 rings (SSSR count). The Balaban J connectivity index is 1.73. The number of hydrogen-bond donors (Lipinski definition) is 0. The Morgan fingerprint density at radius 1 is 0.467 bits per heavy atom. The Morgan fingerprint density at radius 2 is 0.800 bits per heavy atom. The lowest BCUT2D eigenvalue weighted by Gasteiger charge is -2.60. The molecule has 15 heavy (non-hydrogen) atoms. The van der Waals surface area contributed by atoms with Crippen LogP contribution in [0.3, 0.4) is 0 Å². The first kappa shape index (κ1) is 9.00. The molecule has 4 saturated heterocycles. The van der Waals surface area contributed by atoms with Gasteiger partial charge in [-0.25, -0.2) is 10.0 Å². The molecule has 0 aromatic carbocycles. The zero-order valence-corrected chi connectivity index (χ0v) is 9.57. The predicted molar refractivity (Wildman–Crippen MR) is 60.4 cm³/mol. The molecule has 6 aliphatic rings. The van der Waals surface area contributed by atoms with Gasteiger partial charge in [0.1, 0.15) is 0 Å². The molecular formula is C13H22N2. The Hall–Kier alpha value is -0.0800. The summed E-state index contributed by atoms with van der Waals surface area (Å²) in [4.78, 5) is 0. The first-order valence-corrected chi connectivity index (χ1v) is 7.00. The lowest BCUT2D eigenvalue weighted by Crippen LogP contribution is -2.68. The molecule has 0 amide bonds. The monoisotopic (exact) mass is 206 g/mol. The van der Waals surface area contributed by atoms with E-state index in [1.807, 2.05) is 0 Å². The zero-order chi connectivity index (χ0) is 9.83. The van der Waals surface area contributed by atoms with Crippen molar-refractivity contribution in [3.05, 3.63) is 0 Å². The molecule has 2 heteroatoms. The van der Waals surface area contributed by atoms with E-state index >= 15 is 0 Å². The number of hydrogen-bond acceptors (Lipinski definition) is 2. The van der Waals surface area contributed by atoms with Gasteiger partial charge in [0.05, 0.1) is 0 Å². The Bertz CT molecular complexity index is 227. The minimum Gasteiger partial charge on any atom is -0.235 e. The Labute approximate surface area is 92.6 Å². The summed E-state index contributed by atoms with van der Waals surface area (Å²) in [6.45, 7) is 0. The van der Waals surface area contributed by atoms with Crippen molar-refractivity contribution in [1.29, 1.82) is 0 Å². The van der Waals surface area contributed by atoms with Gasteiger partial charge in [-0.15, -0.1) is 0 Å². The highest BCUT2D eigenvalue weighted by Crippen LogP contribution is 2.45. The van der Waals surface area contributed by atoms with Crippen LogP contribution in [0.2, 0.25) is 0 Å². The Morgan fingerprint density at radius 3 is 1.20 bits per heavy atom. The van der Waals surface area contributed by atoms with Crippen LogP contribution in [0.4, 0.5) is 0 Å². The predicted octanol–water partition coefficient (Wildman–Crippen LogP) is 2.55. The maximum absolute atomic E-state index is 2.86. The van der Waals surface area contributed by atoms with Crippen LogP contribution in [0, 0.1) is 0 Å². The van der Waals surface area contributed by atoms with E-state index in [9.17, 15) is 0 Å². The summed E-state index contributed by atoms with van der Waals surface area (Å²) in [5.41, 5.74) is 0. The fourth-order valence-corrected chi connectivity index (χ4v) is 4.73. The quantitative estimate of drug-likeness (QED) is 0.601. The molecule has 84 valence electrons. The second kappa shape index (κ2) is 3.21. The molecule has 2 saturated carbocycles. The molecule has 2 aliphatic carbocycles. The smallest absolute Gasteiger partial charge is 0.0250 e. The van der Waals surface area contributed by atoms with E-state index in [1.54, 1.807) is 0 Å². The molecule has 4 aliphatic heterocycles. The second-order valence-corrected chi connectivity index (χ2v) is 6.04. The summed E-state index contributed by atoms with van der Waals surface area (Å²) >= 11 is 0. The molecule has 0 spiro atoms. The van der Waals surface area contributed by atoms with Crippen LogP contribution in [0.1, 0.15) is 57.8 Å². The molecular weight excluding hydrogens is 184 g/mol. The average Bonchev–Trinajstić information content (AvgIpc) is 2.65. The van der Waals surface area contributed by atoms with Crippen LogP contribution < -0.4 is 0 Å². The minimum atomic E-state index is 0.928. The van der Waals surface area contributed by atoms with Crippen molar-refractivity contribution >= 4 is 0 Å². The Kier molecular flexibility index (Phi) is 1.92. The summed E-state index contributed by atoms with van der Waals surface area (Å²) in [5, 5.41) is 5.72. The molecule has 4 atom stereocenters. The summed E-state index contributed by atoms with van der Waals surface area (Å²) in [5.74, 6) is 0. The van der Waals surface area contributed by atoms with Gasteiger partial charge in [0, 0.05) is 24.2 Å². The van der Waals surface area contributed by atoms with Crippen LogP contribution in [-0.2, 0) is 0 Å². The topological polar surface area (TPSA) is 6.48 Å². The highest BCUT2D eigenvalue weighted by Gasteiger charge is 2.49. The van der Waals surface area contributed by atoms with Crippen molar-refractivity contribution < 1.29 is 0 Å². The second-order valence-electron chi connectivity index (χ2n) is 6.04. The van der Waals surface area contributed by atoms with E-state index < -0.39 is 0 Å². The van der Waals surface area contributed by atoms with Crippen molar-refractivity contribution in [2.45, 2.75) is 82.0 Å². The third kappa shape index (κ3) is 1.18. The van der Waals surface area contributed by atoms with E-state index in [2.05, 4.69) is 10.0 Å². The summed E-state index contributed by atoms with van der Waals surface area (Å²) < 4.78 is 0. The molecule has 2 nitrogen and oxygen atoms in total. The molecule has 0 aromatic heterocycles. The molecule has 4 bridgehead atoms. The van der Waals surface area contributed by atoms with E-state index in [0.29, 0.717) is 0 Å². The normalized spacial score (nSPS) is 57.6.